The average molecular weight is 241 g/mol. The van der Waals surface area contributed by atoms with Crippen LogP contribution in [-0.2, 0) is 11.2 Å². The van der Waals surface area contributed by atoms with Gasteiger partial charge in [-0.05, 0) is 19.3 Å². The molecule has 0 aromatic carbocycles. The summed E-state index contributed by atoms with van der Waals surface area (Å²) in [6.45, 7) is 5.07. The third-order valence-electron chi connectivity index (χ3n) is 3.07. The first-order valence-corrected chi connectivity index (χ1v) is 6.66. The Bertz CT molecular complexity index is 329. The quantitative estimate of drug-likeness (QED) is 0.762. The van der Waals surface area contributed by atoms with Gasteiger partial charge in [0, 0.05) is 31.5 Å². The third kappa shape index (κ3) is 3.17. The molecule has 2 heterocycles. The summed E-state index contributed by atoms with van der Waals surface area (Å²) in [6.07, 6.45) is 2.54. The molecular weight excluding hydrogens is 222 g/mol. The predicted octanol–water partition coefficient (Wildman–Crippen LogP) is 1.28. The Morgan fingerprint density at radius 2 is 2.56 bits per heavy atom. The molecule has 0 saturated carbocycles. The zero-order chi connectivity index (χ0) is 11.4. The van der Waals surface area contributed by atoms with Crippen LogP contribution in [0.15, 0.2) is 5.38 Å². The normalized spacial score (nSPS) is 25.1. The Balaban J connectivity index is 1.61. The lowest BCUT2D eigenvalue weighted by Gasteiger charge is -2.14. The van der Waals surface area contributed by atoms with Crippen molar-refractivity contribution in [3.63, 3.8) is 0 Å². The van der Waals surface area contributed by atoms with Crippen LogP contribution in [0.3, 0.4) is 0 Å². The van der Waals surface area contributed by atoms with Crippen LogP contribution in [0.2, 0.25) is 0 Å². The lowest BCUT2D eigenvalue weighted by atomic mass is 10.0. The second kappa shape index (κ2) is 5.61. The first-order valence-electron chi connectivity index (χ1n) is 5.78. The van der Waals surface area contributed by atoms with Gasteiger partial charge in [-0.3, -0.25) is 0 Å². The first-order chi connectivity index (χ1) is 7.75. The van der Waals surface area contributed by atoms with Crippen molar-refractivity contribution in [1.29, 1.82) is 0 Å². The summed E-state index contributed by atoms with van der Waals surface area (Å²) in [4.78, 5) is 4.23. The number of hydrogen-bond donors (Lipinski definition) is 2. The Labute approximate surface area is 100 Å². The molecule has 0 radical (unpaired) electrons. The van der Waals surface area contributed by atoms with E-state index in [2.05, 4.69) is 17.2 Å². The molecule has 3 N–H and O–H groups in total. The molecule has 2 atom stereocenters. The predicted molar refractivity (Wildman–Crippen MR) is 66.6 cm³/mol. The summed E-state index contributed by atoms with van der Waals surface area (Å²) in [5, 5.41) is 6.15. The summed E-state index contributed by atoms with van der Waals surface area (Å²) in [5.41, 5.74) is 6.66. The van der Waals surface area contributed by atoms with Crippen LogP contribution in [0.25, 0.3) is 0 Å². The van der Waals surface area contributed by atoms with Gasteiger partial charge in [0.1, 0.15) is 0 Å². The highest BCUT2D eigenvalue weighted by Crippen LogP contribution is 2.19. The molecule has 1 fully saturated rings. The topological polar surface area (TPSA) is 60.2 Å². The molecule has 1 aliphatic rings. The minimum absolute atomic E-state index is 0.405. The second-order valence-corrected chi connectivity index (χ2v) is 5.15. The maximum Gasteiger partial charge on any atom is 0.180 e. The lowest BCUT2D eigenvalue weighted by Crippen LogP contribution is -2.28. The SMILES string of the molecule is CC1OCCC1CNCCc1csc(N)n1. The van der Waals surface area contributed by atoms with Crippen LogP contribution in [0, 0.1) is 5.92 Å². The first kappa shape index (κ1) is 11.8. The van der Waals surface area contributed by atoms with E-state index in [4.69, 9.17) is 10.5 Å². The Kier molecular flexibility index (Phi) is 4.15. The molecule has 0 amide bonds. The van der Waals surface area contributed by atoms with E-state index in [1.165, 1.54) is 17.8 Å². The molecular formula is C11H19N3OS. The van der Waals surface area contributed by atoms with Gasteiger partial charge in [0.2, 0.25) is 0 Å². The van der Waals surface area contributed by atoms with Crippen LogP contribution >= 0.6 is 11.3 Å². The summed E-state index contributed by atoms with van der Waals surface area (Å²) in [6, 6.07) is 0. The third-order valence-corrected chi connectivity index (χ3v) is 3.79. The molecule has 4 nitrogen and oxygen atoms in total. The van der Waals surface area contributed by atoms with Gasteiger partial charge in [-0.2, -0.15) is 0 Å². The lowest BCUT2D eigenvalue weighted by molar-refractivity contribution is 0.105. The Hall–Kier alpha value is -0.650. The fourth-order valence-electron chi connectivity index (χ4n) is 1.99. The van der Waals surface area contributed by atoms with Crippen LogP contribution < -0.4 is 11.1 Å². The maximum absolute atomic E-state index is 5.57. The van der Waals surface area contributed by atoms with Crippen molar-refractivity contribution in [2.45, 2.75) is 25.9 Å². The van der Waals surface area contributed by atoms with E-state index in [0.29, 0.717) is 17.2 Å². The monoisotopic (exact) mass is 241 g/mol. The molecule has 1 saturated heterocycles. The van der Waals surface area contributed by atoms with Crippen molar-refractivity contribution < 1.29 is 4.74 Å². The molecule has 16 heavy (non-hydrogen) atoms. The smallest absolute Gasteiger partial charge is 0.180 e. The maximum atomic E-state index is 5.57. The summed E-state index contributed by atoms with van der Waals surface area (Å²) in [7, 11) is 0. The number of nitrogens with zero attached hydrogens (tertiary/aromatic N) is 1. The number of ether oxygens (including phenoxy) is 1. The van der Waals surface area contributed by atoms with E-state index in [9.17, 15) is 0 Å². The Morgan fingerprint density at radius 3 is 3.19 bits per heavy atom. The number of nitrogen functional groups attached to an aromatic ring is 1. The van der Waals surface area contributed by atoms with E-state index in [1.54, 1.807) is 0 Å². The van der Waals surface area contributed by atoms with Crippen molar-refractivity contribution in [3.8, 4) is 0 Å². The highest BCUT2D eigenvalue weighted by atomic mass is 32.1. The molecule has 90 valence electrons. The van der Waals surface area contributed by atoms with Crippen molar-refractivity contribution in [2.75, 3.05) is 25.4 Å². The van der Waals surface area contributed by atoms with Crippen LogP contribution in [0.4, 0.5) is 5.13 Å². The van der Waals surface area contributed by atoms with Gasteiger partial charge in [0.15, 0.2) is 5.13 Å². The van der Waals surface area contributed by atoms with Gasteiger partial charge >= 0.3 is 0 Å². The van der Waals surface area contributed by atoms with E-state index >= 15 is 0 Å². The fourth-order valence-corrected chi connectivity index (χ4v) is 2.58. The van der Waals surface area contributed by atoms with Crippen LogP contribution in [0.1, 0.15) is 19.0 Å². The van der Waals surface area contributed by atoms with E-state index in [0.717, 1.165) is 31.8 Å². The minimum Gasteiger partial charge on any atom is -0.378 e. The van der Waals surface area contributed by atoms with E-state index in [-0.39, 0.29) is 0 Å². The summed E-state index contributed by atoms with van der Waals surface area (Å²) < 4.78 is 5.52. The zero-order valence-corrected chi connectivity index (χ0v) is 10.4. The van der Waals surface area contributed by atoms with Gasteiger partial charge < -0.3 is 15.8 Å². The van der Waals surface area contributed by atoms with Crippen molar-refractivity contribution in [3.05, 3.63) is 11.1 Å². The molecule has 2 unspecified atom stereocenters. The molecule has 1 aromatic heterocycles. The molecule has 2 rings (SSSR count). The number of anilines is 1. The van der Waals surface area contributed by atoms with E-state index in [1.807, 2.05) is 5.38 Å². The average Bonchev–Trinajstić information content (AvgIpc) is 2.83. The fraction of sp³-hybridized carbons (Fsp3) is 0.727. The molecule has 1 aliphatic heterocycles. The summed E-state index contributed by atoms with van der Waals surface area (Å²) >= 11 is 1.51. The number of thiazole rings is 1. The standard InChI is InChI=1S/C11H19N3OS/c1-8-9(3-5-15-8)6-13-4-2-10-7-16-11(12)14-10/h7-9,13H,2-6H2,1H3,(H2,12,14). The van der Waals surface area contributed by atoms with Gasteiger partial charge in [-0.15, -0.1) is 11.3 Å². The Morgan fingerprint density at radius 1 is 1.69 bits per heavy atom. The highest BCUT2D eigenvalue weighted by molar-refractivity contribution is 7.13. The number of nitrogens with one attached hydrogen (secondary N) is 1. The van der Waals surface area contributed by atoms with Crippen LogP contribution in [0.5, 0.6) is 0 Å². The molecule has 0 spiro atoms. The van der Waals surface area contributed by atoms with Crippen LogP contribution in [-0.4, -0.2) is 30.8 Å². The van der Waals surface area contributed by atoms with Gasteiger partial charge in [-0.1, -0.05) is 0 Å². The van der Waals surface area contributed by atoms with Gasteiger partial charge in [0.05, 0.1) is 11.8 Å². The number of nitrogens with two attached hydrogens (primary N) is 1. The number of rotatable bonds is 5. The summed E-state index contributed by atoms with van der Waals surface area (Å²) in [5.74, 6) is 0.667. The molecule has 0 aliphatic carbocycles. The van der Waals surface area contributed by atoms with Crippen molar-refractivity contribution in [1.82, 2.24) is 10.3 Å². The van der Waals surface area contributed by atoms with Crippen molar-refractivity contribution in [2.24, 2.45) is 5.92 Å². The second-order valence-electron chi connectivity index (χ2n) is 4.26. The minimum atomic E-state index is 0.405. The number of aromatic nitrogens is 1. The van der Waals surface area contributed by atoms with E-state index < -0.39 is 0 Å². The number of hydrogen-bond acceptors (Lipinski definition) is 5. The molecule has 1 aromatic rings. The van der Waals surface area contributed by atoms with Gasteiger partial charge in [0.25, 0.3) is 0 Å². The zero-order valence-electron chi connectivity index (χ0n) is 9.61. The molecule has 5 heteroatoms. The highest BCUT2D eigenvalue weighted by Gasteiger charge is 2.23. The molecule has 0 bridgehead atoms. The van der Waals surface area contributed by atoms with Crippen molar-refractivity contribution >= 4 is 16.5 Å². The van der Waals surface area contributed by atoms with Gasteiger partial charge in [-0.25, -0.2) is 4.98 Å². The largest absolute Gasteiger partial charge is 0.378 e.